The number of nitrogens with one attached hydrogen (secondary N) is 1. The first-order chi connectivity index (χ1) is 4.86. The van der Waals surface area contributed by atoms with E-state index in [4.69, 9.17) is 5.73 Å². The van der Waals surface area contributed by atoms with Crippen LogP contribution < -0.4 is 11.1 Å². The minimum absolute atomic E-state index is 0.673. The number of aromatic nitrogens is 1. The molecule has 56 valence electrons. The summed E-state index contributed by atoms with van der Waals surface area (Å²) in [7, 11) is 1.87. The van der Waals surface area contributed by atoms with E-state index in [0.29, 0.717) is 6.54 Å². The number of thiazole rings is 1. The van der Waals surface area contributed by atoms with Crippen LogP contribution >= 0.6 is 11.3 Å². The lowest BCUT2D eigenvalue weighted by Gasteiger charge is -1.89. The molecule has 3 N–H and O–H groups in total. The molecule has 3 nitrogen and oxygen atoms in total. The molecule has 0 spiro atoms. The second-order valence-corrected chi connectivity index (χ2v) is 2.79. The molecule has 10 heavy (non-hydrogen) atoms. The van der Waals surface area contributed by atoms with Gasteiger partial charge in [0.05, 0.1) is 5.69 Å². The van der Waals surface area contributed by atoms with Crippen molar-refractivity contribution in [1.82, 2.24) is 4.98 Å². The molecule has 0 radical (unpaired) electrons. The van der Waals surface area contributed by atoms with Crippen molar-refractivity contribution >= 4 is 16.5 Å². The number of rotatable bonds is 3. The molecular weight excluding hydrogens is 146 g/mol. The normalized spacial score (nSPS) is 9.80. The Labute approximate surface area is 64.3 Å². The van der Waals surface area contributed by atoms with Gasteiger partial charge >= 0.3 is 0 Å². The molecule has 0 fully saturated rings. The maximum Gasteiger partial charge on any atom is 0.182 e. The van der Waals surface area contributed by atoms with Crippen LogP contribution in [0.25, 0.3) is 0 Å². The first-order valence-electron chi connectivity index (χ1n) is 3.19. The highest BCUT2D eigenvalue weighted by atomic mass is 32.1. The van der Waals surface area contributed by atoms with Crippen molar-refractivity contribution in [2.45, 2.75) is 6.42 Å². The van der Waals surface area contributed by atoms with Gasteiger partial charge in [-0.05, 0) is 6.54 Å². The molecule has 1 aromatic rings. The maximum absolute atomic E-state index is 5.36. The van der Waals surface area contributed by atoms with Crippen molar-refractivity contribution < 1.29 is 0 Å². The standard InChI is InChI=1S/C6H11N3S/c1-8-6-9-5(2-3-7)4-10-6/h4H,2-3,7H2,1H3,(H,8,9). The van der Waals surface area contributed by atoms with Crippen LogP contribution in [0.2, 0.25) is 0 Å². The average molecular weight is 157 g/mol. The molecule has 0 aliphatic heterocycles. The minimum Gasteiger partial charge on any atom is -0.365 e. The Bertz CT molecular complexity index is 197. The van der Waals surface area contributed by atoms with E-state index in [1.165, 1.54) is 0 Å². The van der Waals surface area contributed by atoms with Crippen LogP contribution in [0.4, 0.5) is 5.13 Å². The Kier molecular flexibility index (Phi) is 2.65. The zero-order valence-corrected chi connectivity index (χ0v) is 6.74. The monoisotopic (exact) mass is 157 g/mol. The van der Waals surface area contributed by atoms with E-state index in [-0.39, 0.29) is 0 Å². The fourth-order valence-corrected chi connectivity index (χ4v) is 1.39. The highest BCUT2D eigenvalue weighted by Gasteiger charge is 1.96. The molecule has 0 unspecified atom stereocenters. The number of nitrogens with two attached hydrogens (primary N) is 1. The summed E-state index contributed by atoms with van der Waals surface area (Å²) in [6, 6.07) is 0. The van der Waals surface area contributed by atoms with Crippen LogP contribution in [0.1, 0.15) is 5.69 Å². The second kappa shape index (κ2) is 3.53. The first-order valence-corrected chi connectivity index (χ1v) is 4.07. The van der Waals surface area contributed by atoms with E-state index in [1.54, 1.807) is 11.3 Å². The lowest BCUT2D eigenvalue weighted by atomic mass is 10.3. The van der Waals surface area contributed by atoms with Gasteiger partial charge < -0.3 is 11.1 Å². The zero-order chi connectivity index (χ0) is 7.40. The third-order valence-corrected chi connectivity index (χ3v) is 2.07. The van der Waals surface area contributed by atoms with Crippen molar-refractivity contribution in [1.29, 1.82) is 0 Å². The van der Waals surface area contributed by atoms with Crippen LogP contribution in [0.3, 0.4) is 0 Å². The predicted molar refractivity (Wildman–Crippen MR) is 44.4 cm³/mol. The lowest BCUT2D eigenvalue weighted by molar-refractivity contribution is 0.936. The van der Waals surface area contributed by atoms with E-state index in [2.05, 4.69) is 10.3 Å². The van der Waals surface area contributed by atoms with Crippen LogP contribution in [-0.4, -0.2) is 18.6 Å². The Hall–Kier alpha value is -0.610. The molecule has 4 heteroatoms. The third kappa shape index (κ3) is 1.68. The van der Waals surface area contributed by atoms with Gasteiger partial charge in [-0.1, -0.05) is 0 Å². The van der Waals surface area contributed by atoms with Crippen molar-refractivity contribution in [3.05, 3.63) is 11.1 Å². The van der Waals surface area contributed by atoms with E-state index >= 15 is 0 Å². The van der Waals surface area contributed by atoms with Gasteiger partial charge in [-0.2, -0.15) is 0 Å². The lowest BCUT2D eigenvalue weighted by Crippen LogP contribution is -2.02. The summed E-state index contributed by atoms with van der Waals surface area (Å²) < 4.78 is 0. The summed E-state index contributed by atoms with van der Waals surface area (Å²) in [6.07, 6.45) is 0.873. The van der Waals surface area contributed by atoms with Crippen LogP contribution in [-0.2, 0) is 6.42 Å². The Balaban J connectivity index is 2.59. The van der Waals surface area contributed by atoms with Gasteiger partial charge in [0.2, 0.25) is 0 Å². The smallest absolute Gasteiger partial charge is 0.182 e. The van der Waals surface area contributed by atoms with Gasteiger partial charge in [0.25, 0.3) is 0 Å². The van der Waals surface area contributed by atoms with Gasteiger partial charge in [-0.25, -0.2) is 4.98 Å². The molecular formula is C6H11N3S. The molecule has 0 bridgehead atoms. The third-order valence-electron chi connectivity index (χ3n) is 1.17. The quantitative estimate of drug-likeness (QED) is 0.678. The number of nitrogens with zero attached hydrogens (tertiary/aromatic N) is 1. The molecule has 0 atom stereocenters. The maximum atomic E-state index is 5.36. The van der Waals surface area contributed by atoms with Crippen LogP contribution in [0, 0.1) is 0 Å². The predicted octanol–water partition coefficient (Wildman–Crippen LogP) is 0.686. The van der Waals surface area contributed by atoms with Crippen molar-refractivity contribution in [2.75, 3.05) is 18.9 Å². The Morgan fingerprint density at radius 1 is 1.80 bits per heavy atom. The molecule has 0 amide bonds. The summed E-state index contributed by atoms with van der Waals surface area (Å²) in [5.41, 5.74) is 6.44. The topological polar surface area (TPSA) is 50.9 Å². The highest BCUT2D eigenvalue weighted by Crippen LogP contribution is 2.13. The van der Waals surface area contributed by atoms with E-state index in [9.17, 15) is 0 Å². The molecule has 0 aliphatic carbocycles. The molecule has 1 heterocycles. The van der Waals surface area contributed by atoms with E-state index < -0.39 is 0 Å². The fraction of sp³-hybridized carbons (Fsp3) is 0.500. The summed E-state index contributed by atoms with van der Waals surface area (Å²) >= 11 is 1.61. The minimum atomic E-state index is 0.673. The summed E-state index contributed by atoms with van der Waals surface area (Å²) in [5.74, 6) is 0. The Morgan fingerprint density at radius 2 is 2.60 bits per heavy atom. The number of hydrogen-bond acceptors (Lipinski definition) is 4. The van der Waals surface area contributed by atoms with Gasteiger partial charge in [0.1, 0.15) is 0 Å². The van der Waals surface area contributed by atoms with E-state index in [1.807, 2.05) is 12.4 Å². The number of anilines is 1. The summed E-state index contributed by atoms with van der Waals surface area (Å²) in [6.45, 7) is 0.673. The van der Waals surface area contributed by atoms with Gasteiger partial charge in [0.15, 0.2) is 5.13 Å². The SMILES string of the molecule is CNc1nc(CCN)cs1. The molecule has 1 rings (SSSR count). The van der Waals surface area contributed by atoms with Gasteiger partial charge in [-0.3, -0.25) is 0 Å². The van der Waals surface area contributed by atoms with Gasteiger partial charge in [0, 0.05) is 18.8 Å². The van der Waals surface area contributed by atoms with Crippen molar-refractivity contribution in [2.24, 2.45) is 5.73 Å². The van der Waals surface area contributed by atoms with Gasteiger partial charge in [-0.15, -0.1) is 11.3 Å². The zero-order valence-electron chi connectivity index (χ0n) is 5.92. The molecule has 0 saturated carbocycles. The second-order valence-electron chi connectivity index (χ2n) is 1.93. The largest absolute Gasteiger partial charge is 0.365 e. The molecule has 0 aromatic carbocycles. The molecule has 0 saturated heterocycles. The molecule has 0 aliphatic rings. The summed E-state index contributed by atoms with van der Waals surface area (Å²) in [4.78, 5) is 4.25. The highest BCUT2D eigenvalue weighted by molar-refractivity contribution is 7.13. The van der Waals surface area contributed by atoms with E-state index in [0.717, 1.165) is 17.2 Å². The molecule has 1 aromatic heterocycles. The van der Waals surface area contributed by atoms with Crippen LogP contribution in [0.5, 0.6) is 0 Å². The van der Waals surface area contributed by atoms with Crippen LogP contribution in [0.15, 0.2) is 5.38 Å². The summed E-state index contributed by atoms with van der Waals surface area (Å²) in [5, 5.41) is 5.96. The fourth-order valence-electron chi connectivity index (χ4n) is 0.685. The average Bonchev–Trinajstić information content (AvgIpc) is 2.37. The first kappa shape index (κ1) is 7.50. The van der Waals surface area contributed by atoms with Crippen molar-refractivity contribution in [3.63, 3.8) is 0 Å². The Morgan fingerprint density at radius 3 is 3.10 bits per heavy atom. The van der Waals surface area contributed by atoms with Crippen molar-refractivity contribution in [3.8, 4) is 0 Å². The number of hydrogen-bond donors (Lipinski definition) is 2.